The molecule has 1 aliphatic rings. The zero-order valence-corrected chi connectivity index (χ0v) is 9.36. The van der Waals surface area contributed by atoms with Crippen LogP contribution < -0.4 is 16.4 Å². The number of anilines is 2. The van der Waals surface area contributed by atoms with Crippen molar-refractivity contribution in [3.05, 3.63) is 23.8 Å². The van der Waals surface area contributed by atoms with E-state index in [4.69, 9.17) is 11.0 Å². The van der Waals surface area contributed by atoms with E-state index in [1.165, 1.54) is 0 Å². The highest BCUT2D eigenvalue weighted by atomic mass is 16.2. The van der Waals surface area contributed by atoms with Crippen molar-refractivity contribution >= 4 is 17.3 Å². The number of carbonyl (C=O) groups is 1. The average Bonchev–Trinajstić information content (AvgIpc) is 3.12. The van der Waals surface area contributed by atoms with E-state index in [-0.39, 0.29) is 12.5 Å². The Hall–Kier alpha value is -2.22. The molecule has 1 amide bonds. The average molecular weight is 230 g/mol. The van der Waals surface area contributed by atoms with Gasteiger partial charge in [-0.2, -0.15) is 5.26 Å². The number of carbonyl (C=O) groups excluding carboxylic acids is 1. The number of amides is 1. The standard InChI is InChI=1S/C12H14N4O/c13-6-8-1-4-10(14)11(5-8)15-7-12(17)16-9-2-3-9/h1,4-5,9,15H,2-3,7,14H2,(H,16,17). The van der Waals surface area contributed by atoms with Crippen molar-refractivity contribution in [2.75, 3.05) is 17.6 Å². The summed E-state index contributed by atoms with van der Waals surface area (Å²) in [5.74, 6) is -0.0470. The zero-order valence-electron chi connectivity index (χ0n) is 9.36. The largest absolute Gasteiger partial charge is 0.397 e. The molecule has 4 N–H and O–H groups in total. The molecule has 0 radical (unpaired) electrons. The first-order valence-electron chi connectivity index (χ1n) is 5.52. The number of rotatable bonds is 4. The Bertz CT molecular complexity index is 474. The van der Waals surface area contributed by atoms with Crippen LogP contribution >= 0.6 is 0 Å². The van der Waals surface area contributed by atoms with E-state index in [0.717, 1.165) is 12.8 Å². The van der Waals surface area contributed by atoms with Crippen molar-refractivity contribution in [1.82, 2.24) is 5.32 Å². The summed E-state index contributed by atoms with van der Waals surface area (Å²) >= 11 is 0. The second-order valence-corrected chi connectivity index (χ2v) is 4.11. The fraction of sp³-hybridized carbons (Fsp3) is 0.333. The van der Waals surface area contributed by atoms with Gasteiger partial charge in [0.1, 0.15) is 0 Å². The van der Waals surface area contributed by atoms with Crippen molar-refractivity contribution in [1.29, 1.82) is 5.26 Å². The molecular weight excluding hydrogens is 216 g/mol. The second-order valence-electron chi connectivity index (χ2n) is 4.11. The van der Waals surface area contributed by atoms with Crippen LogP contribution in [0.1, 0.15) is 18.4 Å². The van der Waals surface area contributed by atoms with Gasteiger partial charge in [0.15, 0.2) is 0 Å². The molecule has 5 nitrogen and oxygen atoms in total. The highest BCUT2D eigenvalue weighted by Crippen LogP contribution is 2.20. The maximum absolute atomic E-state index is 11.5. The maximum Gasteiger partial charge on any atom is 0.239 e. The summed E-state index contributed by atoms with van der Waals surface area (Å²) in [6, 6.07) is 7.32. The van der Waals surface area contributed by atoms with Crippen LogP contribution in [0.4, 0.5) is 11.4 Å². The van der Waals surface area contributed by atoms with Crippen LogP contribution in [0.5, 0.6) is 0 Å². The van der Waals surface area contributed by atoms with Gasteiger partial charge in [-0.1, -0.05) is 0 Å². The summed E-state index contributed by atoms with van der Waals surface area (Å²) < 4.78 is 0. The van der Waals surface area contributed by atoms with E-state index in [1.54, 1.807) is 18.2 Å². The molecular formula is C12H14N4O. The Balaban J connectivity index is 1.93. The highest BCUT2D eigenvalue weighted by Gasteiger charge is 2.22. The van der Waals surface area contributed by atoms with Crippen LogP contribution in [0.15, 0.2) is 18.2 Å². The lowest BCUT2D eigenvalue weighted by molar-refractivity contribution is -0.119. The van der Waals surface area contributed by atoms with Gasteiger partial charge in [0.2, 0.25) is 5.91 Å². The fourth-order valence-electron chi connectivity index (χ4n) is 1.46. The summed E-state index contributed by atoms with van der Waals surface area (Å²) in [7, 11) is 0. The van der Waals surface area contributed by atoms with Crippen LogP contribution in [0.2, 0.25) is 0 Å². The number of hydrogen-bond acceptors (Lipinski definition) is 4. The minimum Gasteiger partial charge on any atom is -0.397 e. The van der Waals surface area contributed by atoms with Crippen LogP contribution in [0.25, 0.3) is 0 Å². The molecule has 0 spiro atoms. The minimum atomic E-state index is -0.0470. The summed E-state index contributed by atoms with van der Waals surface area (Å²) in [5.41, 5.74) is 7.41. The fourth-order valence-corrected chi connectivity index (χ4v) is 1.46. The molecule has 0 unspecified atom stereocenters. The first-order valence-corrected chi connectivity index (χ1v) is 5.52. The predicted molar refractivity (Wildman–Crippen MR) is 65.2 cm³/mol. The maximum atomic E-state index is 11.5. The van der Waals surface area contributed by atoms with E-state index < -0.39 is 0 Å². The van der Waals surface area contributed by atoms with Crippen molar-refractivity contribution in [2.45, 2.75) is 18.9 Å². The van der Waals surface area contributed by atoms with Gasteiger partial charge < -0.3 is 16.4 Å². The van der Waals surface area contributed by atoms with Gasteiger partial charge in [-0.25, -0.2) is 0 Å². The number of nitrogens with zero attached hydrogens (tertiary/aromatic N) is 1. The smallest absolute Gasteiger partial charge is 0.239 e. The van der Waals surface area contributed by atoms with Gasteiger partial charge >= 0.3 is 0 Å². The first-order chi connectivity index (χ1) is 8.19. The van der Waals surface area contributed by atoms with Crippen LogP contribution in [-0.2, 0) is 4.79 Å². The lowest BCUT2D eigenvalue weighted by atomic mass is 10.2. The van der Waals surface area contributed by atoms with Crippen LogP contribution in [-0.4, -0.2) is 18.5 Å². The molecule has 1 fully saturated rings. The molecule has 0 atom stereocenters. The summed E-state index contributed by atoms with van der Waals surface area (Å²) in [4.78, 5) is 11.5. The molecule has 0 aromatic heterocycles. The van der Waals surface area contributed by atoms with Gasteiger partial charge in [-0.3, -0.25) is 4.79 Å². The number of nitrogens with two attached hydrogens (primary N) is 1. The van der Waals surface area contributed by atoms with E-state index in [0.29, 0.717) is 23.0 Å². The van der Waals surface area contributed by atoms with Crippen molar-refractivity contribution < 1.29 is 4.79 Å². The Morgan fingerprint density at radius 3 is 2.94 bits per heavy atom. The van der Waals surface area contributed by atoms with Gasteiger partial charge in [0.25, 0.3) is 0 Å². The lowest BCUT2D eigenvalue weighted by Crippen LogP contribution is -2.31. The third kappa shape index (κ3) is 3.11. The van der Waals surface area contributed by atoms with E-state index in [1.807, 2.05) is 6.07 Å². The Kier molecular flexibility index (Phi) is 3.15. The van der Waals surface area contributed by atoms with Gasteiger partial charge in [0, 0.05) is 6.04 Å². The second kappa shape index (κ2) is 4.74. The van der Waals surface area contributed by atoms with Gasteiger partial charge in [0.05, 0.1) is 29.6 Å². The Morgan fingerprint density at radius 1 is 1.53 bits per heavy atom. The quantitative estimate of drug-likeness (QED) is 0.668. The zero-order chi connectivity index (χ0) is 12.3. The summed E-state index contributed by atoms with van der Waals surface area (Å²) in [6.45, 7) is 0.176. The molecule has 1 saturated carbocycles. The van der Waals surface area contributed by atoms with Gasteiger partial charge in [-0.15, -0.1) is 0 Å². The summed E-state index contributed by atoms with van der Waals surface area (Å²) in [5, 5.41) is 14.6. The molecule has 2 rings (SSSR count). The predicted octanol–water partition coefficient (Wildman–Crippen LogP) is 0.831. The molecule has 1 aliphatic carbocycles. The van der Waals surface area contributed by atoms with E-state index in [9.17, 15) is 4.79 Å². The number of nitrogen functional groups attached to an aromatic ring is 1. The Labute approximate surface area is 99.6 Å². The number of hydrogen-bond donors (Lipinski definition) is 3. The van der Waals surface area contributed by atoms with Crippen LogP contribution in [0.3, 0.4) is 0 Å². The molecule has 0 bridgehead atoms. The number of nitriles is 1. The molecule has 0 heterocycles. The molecule has 88 valence electrons. The van der Waals surface area contributed by atoms with E-state index >= 15 is 0 Å². The van der Waals surface area contributed by atoms with Crippen molar-refractivity contribution in [3.8, 4) is 6.07 Å². The number of benzene rings is 1. The molecule has 0 saturated heterocycles. The van der Waals surface area contributed by atoms with Crippen molar-refractivity contribution in [2.24, 2.45) is 0 Å². The number of nitrogens with one attached hydrogen (secondary N) is 2. The third-order valence-corrected chi connectivity index (χ3v) is 2.56. The third-order valence-electron chi connectivity index (χ3n) is 2.56. The van der Waals surface area contributed by atoms with Crippen LogP contribution in [0, 0.1) is 11.3 Å². The monoisotopic (exact) mass is 230 g/mol. The SMILES string of the molecule is N#Cc1ccc(N)c(NCC(=O)NC2CC2)c1. The van der Waals surface area contributed by atoms with Crippen molar-refractivity contribution in [3.63, 3.8) is 0 Å². The first kappa shape index (κ1) is 11.3. The van der Waals surface area contributed by atoms with Gasteiger partial charge in [-0.05, 0) is 31.0 Å². The molecule has 17 heavy (non-hydrogen) atoms. The molecule has 1 aromatic carbocycles. The molecule has 0 aliphatic heterocycles. The highest BCUT2D eigenvalue weighted by molar-refractivity contribution is 5.82. The topological polar surface area (TPSA) is 90.9 Å². The van der Waals surface area contributed by atoms with E-state index in [2.05, 4.69) is 10.6 Å². The summed E-state index contributed by atoms with van der Waals surface area (Å²) in [6.07, 6.45) is 2.13. The normalized spacial score (nSPS) is 13.8. The molecule has 5 heteroatoms. The Morgan fingerprint density at radius 2 is 2.29 bits per heavy atom. The lowest BCUT2D eigenvalue weighted by Gasteiger charge is -2.09. The minimum absolute atomic E-state index is 0.0470. The molecule has 1 aromatic rings.